The van der Waals surface area contributed by atoms with Crippen LogP contribution >= 0.6 is 23.5 Å². The van der Waals surface area contributed by atoms with Crippen LogP contribution in [0.1, 0.15) is 36.1 Å². The van der Waals surface area contributed by atoms with Gasteiger partial charge in [-0.05, 0) is 113 Å². The molecule has 1 nitrogen and oxygen atoms in total. The summed E-state index contributed by atoms with van der Waals surface area (Å²) < 4.78 is 0. The maximum Gasteiger partial charge on any atom is 0.0601 e. The van der Waals surface area contributed by atoms with Crippen LogP contribution in [0.2, 0.25) is 0 Å². The van der Waals surface area contributed by atoms with E-state index in [1.54, 1.807) is 0 Å². The third kappa shape index (κ3) is 4.33. The highest BCUT2D eigenvalue weighted by Gasteiger charge is 2.37. The van der Waals surface area contributed by atoms with E-state index in [0.717, 1.165) is 0 Å². The number of anilines is 3. The van der Waals surface area contributed by atoms with Gasteiger partial charge in [0.25, 0.3) is 0 Å². The smallest absolute Gasteiger partial charge is 0.0601 e. The molecular weight excluding hydrogens is 571 g/mol. The fourth-order valence-corrected chi connectivity index (χ4v) is 9.10. The molecule has 8 rings (SSSR count). The van der Waals surface area contributed by atoms with Crippen LogP contribution in [0.3, 0.4) is 0 Å². The first kappa shape index (κ1) is 27.4. The van der Waals surface area contributed by atoms with Crippen LogP contribution in [0.25, 0.3) is 22.3 Å². The molecule has 0 fully saturated rings. The number of nitrogens with zero attached hydrogens (tertiary/aromatic N) is 1. The fraction of sp³-hybridized carbons (Fsp3) is 0.122. The second kappa shape index (κ2) is 10.5. The molecule has 0 aromatic heterocycles. The van der Waals surface area contributed by atoms with Gasteiger partial charge in [-0.3, -0.25) is 0 Å². The minimum absolute atomic E-state index is 0.0906. The van der Waals surface area contributed by atoms with Gasteiger partial charge in [0.1, 0.15) is 0 Å². The molecule has 1 aliphatic carbocycles. The molecule has 214 valence electrons. The Kier molecular flexibility index (Phi) is 6.51. The monoisotopic (exact) mass is 603 g/mol. The summed E-state index contributed by atoms with van der Waals surface area (Å²) in [5.74, 6) is 0. The van der Waals surface area contributed by atoms with Gasteiger partial charge in [-0.2, -0.15) is 0 Å². The van der Waals surface area contributed by atoms with Gasteiger partial charge in [-0.25, -0.2) is 0 Å². The van der Waals surface area contributed by atoms with E-state index in [0.29, 0.717) is 0 Å². The van der Waals surface area contributed by atoms with Crippen molar-refractivity contribution in [2.24, 2.45) is 0 Å². The van der Waals surface area contributed by atoms with Crippen LogP contribution in [0.4, 0.5) is 17.1 Å². The van der Waals surface area contributed by atoms with Crippen molar-refractivity contribution < 1.29 is 0 Å². The normalized spacial score (nSPS) is 14.0. The van der Waals surface area contributed by atoms with E-state index in [9.17, 15) is 0 Å². The summed E-state index contributed by atoms with van der Waals surface area (Å²) in [6, 6.07) is 46.9. The average Bonchev–Trinajstić information content (AvgIpc) is 3.28. The molecule has 3 heteroatoms. The second-order valence-electron chi connectivity index (χ2n) is 12.3. The highest BCUT2D eigenvalue weighted by Crippen LogP contribution is 2.54. The Hall–Kier alpha value is -4.18. The predicted molar refractivity (Wildman–Crippen MR) is 188 cm³/mol. The molecule has 6 aromatic rings. The van der Waals surface area contributed by atoms with Crippen LogP contribution < -0.4 is 4.90 Å². The van der Waals surface area contributed by atoms with Gasteiger partial charge in [0.05, 0.1) is 11.4 Å². The second-order valence-corrected chi connectivity index (χ2v) is 14.5. The molecule has 0 unspecified atom stereocenters. The summed E-state index contributed by atoms with van der Waals surface area (Å²) in [5.41, 5.74) is 14.3. The van der Waals surface area contributed by atoms with E-state index in [-0.39, 0.29) is 5.41 Å². The number of benzene rings is 6. The van der Waals surface area contributed by atoms with Crippen molar-refractivity contribution in [1.29, 1.82) is 0 Å². The number of aryl methyl sites for hydroxylation is 1. The Morgan fingerprint density at radius 3 is 2.00 bits per heavy atom. The van der Waals surface area contributed by atoms with Crippen molar-refractivity contribution in [3.8, 4) is 22.3 Å². The molecule has 2 aliphatic rings. The van der Waals surface area contributed by atoms with Crippen LogP contribution in [-0.2, 0) is 5.41 Å². The lowest BCUT2D eigenvalue weighted by Gasteiger charge is -2.33. The van der Waals surface area contributed by atoms with Crippen LogP contribution in [0.15, 0.2) is 147 Å². The zero-order chi connectivity index (χ0) is 30.0. The summed E-state index contributed by atoms with van der Waals surface area (Å²) >= 11 is 3.73. The summed E-state index contributed by atoms with van der Waals surface area (Å²) in [5, 5.41) is 0. The summed E-state index contributed by atoms with van der Waals surface area (Å²) in [7, 11) is 0. The molecule has 0 saturated carbocycles. The number of hydrogen-bond acceptors (Lipinski definition) is 3. The van der Waals surface area contributed by atoms with Crippen molar-refractivity contribution >= 4 is 40.6 Å². The Bertz CT molecular complexity index is 2040. The first-order chi connectivity index (χ1) is 21.4. The van der Waals surface area contributed by atoms with E-state index in [2.05, 4.69) is 160 Å². The van der Waals surface area contributed by atoms with Gasteiger partial charge < -0.3 is 4.90 Å². The van der Waals surface area contributed by atoms with Gasteiger partial charge in [-0.15, -0.1) is 0 Å². The Morgan fingerprint density at radius 2 is 1.25 bits per heavy atom. The third-order valence-electron chi connectivity index (χ3n) is 9.21. The van der Waals surface area contributed by atoms with Crippen molar-refractivity contribution in [1.82, 2.24) is 0 Å². The molecule has 0 saturated heterocycles. The van der Waals surface area contributed by atoms with Gasteiger partial charge in [0.2, 0.25) is 0 Å². The molecule has 0 amide bonds. The highest BCUT2D eigenvalue weighted by atomic mass is 32.2. The van der Waals surface area contributed by atoms with Crippen LogP contribution in [0, 0.1) is 13.8 Å². The number of para-hydroxylation sites is 2. The maximum atomic E-state index is 2.44. The fourth-order valence-electron chi connectivity index (χ4n) is 7.04. The first-order valence-electron chi connectivity index (χ1n) is 15.2. The Morgan fingerprint density at radius 1 is 0.591 bits per heavy atom. The van der Waals surface area contributed by atoms with Crippen molar-refractivity contribution in [3.05, 3.63) is 150 Å². The van der Waals surface area contributed by atoms with Gasteiger partial charge in [0.15, 0.2) is 0 Å². The van der Waals surface area contributed by atoms with E-state index >= 15 is 0 Å². The van der Waals surface area contributed by atoms with E-state index < -0.39 is 0 Å². The molecule has 0 spiro atoms. The molecular formula is C41H33NS2. The maximum absolute atomic E-state index is 2.44. The van der Waals surface area contributed by atoms with Gasteiger partial charge in [0, 0.05) is 30.7 Å². The molecule has 0 N–H and O–H groups in total. The summed E-state index contributed by atoms with van der Waals surface area (Å²) in [6.07, 6.45) is 0. The molecule has 6 aromatic carbocycles. The van der Waals surface area contributed by atoms with Crippen molar-refractivity contribution in [2.75, 3.05) is 4.90 Å². The quantitative estimate of drug-likeness (QED) is 0.197. The van der Waals surface area contributed by atoms with Gasteiger partial charge in [-0.1, -0.05) is 110 Å². The van der Waals surface area contributed by atoms with Crippen LogP contribution in [-0.4, -0.2) is 0 Å². The lowest BCUT2D eigenvalue weighted by atomic mass is 9.80. The molecule has 0 bridgehead atoms. The van der Waals surface area contributed by atoms with E-state index in [4.69, 9.17) is 0 Å². The number of hydrogen-bond donors (Lipinski definition) is 0. The Balaban J connectivity index is 1.19. The lowest BCUT2D eigenvalue weighted by molar-refractivity contribution is 0.653. The minimum atomic E-state index is -0.0906. The largest absolute Gasteiger partial charge is 0.308 e. The zero-order valence-electron chi connectivity index (χ0n) is 25.4. The highest BCUT2D eigenvalue weighted by molar-refractivity contribution is 8.00. The number of rotatable bonds is 4. The molecule has 1 aliphatic heterocycles. The van der Waals surface area contributed by atoms with Crippen molar-refractivity contribution in [3.63, 3.8) is 0 Å². The summed E-state index contributed by atoms with van der Waals surface area (Å²) in [4.78, 5) is 7.64. The third-order valence-corrected chi connectivity index (χ3v) is 11.7. The lowest BCUT2D eigenvalue weighted by Crippen LogP contribution is -2.17. The predicted octanol–water partition coefficient (Wildman–Crippen LogP) is 12.4. The topological polar surface area (TPSA) is 3.24 Å². The van der Waals surface area contributed by atoms with E-state index in [1.807, 2.05) is 23.5 Å². The number of fused-ring (bicyclic) bond motifs is 5. The summed E-state index contributed by atoms with van der Waals surface area (Å²) in [6.45, 7) is 9.30. The average molecular weight is 604 g/mol. The zero-order valence-corrected chi connectivity index (χ0v) is 27.0. The van der Waals surface area contributed by atoms with Crippen LogP contribution in [0.5, 0.6) is 0 Å². The van der Waals surface area contributed by atoms with Crippen molar-refractivity contribution in [2.45, 2.75) is 52.7 Å². The molecule has 1 heterocycles. The molecule has 0 atom stereocenters. The van der Waals surface area contributed by atoms with Gasteiger partial charge >= 0.3 is 0 Å². The first-order valence-corrected chi connectivity index (χ1v) is 16.8. The molecule has 44 heavy (non-hydrogen) atoms. The Labute approximate surface area is 269 Å². The van der Waals surface area contributed by atoms with E-state index in [1.165, 1.54) is 81.2 Å². The SMILES string of the molecule is Cc1ccccc1Sc1ccc2c(c1C)C(C)(C)c1cc(-c3cccc(N4c5ccccc5Sc5ccccc54)c3)ccc1-2. The minimum Gasteiger partial charge on any atom is -0.308 e. The molecule has 0 radical (unpaired) electrons. The standard InChI is InChI=1S/C41H33NS2/c1-26-12-5-8-17-36(26)43-37-23-22-32-31-21-20-29(25-33(31)41(3,4)40(32)27(37)2)28-13-11-14-30(24-28)42-34-15-6-9-18-38(34)44-39-19-10-7-16-35(39)42/h5-25H,1-4H3.